The number of halogens is 3. The zero-order valence-corrected chi connectivity index (χ0v) is 12.0. The Morgan fingerprint density at radius 2 is 1.76 bits per heavy atom. The summed E-state index contributed by atoms with van der Waals surface area (Å²) in [5.74, 6) is -3.88. The Balaban J connectivity index is 2.03. The monoisotopic (exact) mass is 297 g/mol. The third kappa shape index (κ3) is 3.56. The Labute approximate surface area is 121 Å². The topological polar surface area (TPSA) is 29.9 Å². The van der Waals surface area contributed by atoms with Crippen molar-refractivity contribution in [1.29, 1.82) is 0 Å². The lowest BCUT2D eigenvalue weighted by atomic mass is 10.2. The summed E-state index contributed by atoms with van der Waals surface area (Å²) in [6.45, 7) is 4.51. The summed E-state index contributed by atoms with van der Waals surface area (Å²) in [6, 6.07) is 4.05. The summed E-state index contributed by atoms with van der Waals surface area (Å²) in [7, 11) is 0. The molecule has 0 bridgehead atoms. The highest BCUT2D eigenvalue weighted by atomic mass is 19.2. The molecule has 6 heteroatoms. The number of nitrogens with one attached hydrogen (secondary N) is 1. The van der Waals surface area contributed by atoms with Crippen molar-refractivity contribution in [2.24, 2.45) is 0 Å². The van der Waals surface area contributed by atoms with Gasteiger partial charge in [-0.3, -0.25) is 4.68 Å². The van der Waals surface area contributed by atoms with Gasteiger partial charge >= 0.3 is 0 Å². The molecule has 2 rings (SSSR count). The molecule has 0 fully saturated rings. The molecular weight excluding hydrogens is 279 g/mol. The van der Waals surface area contributed by atoms with E-state index in [1.54, 1.807) is 0 Å². The molecule has 1 aromatic carbocycles. The van der Waals surface area contributed by atoms with Crippen molar-refractivity contribution in [1.82, 2.24) is 9.78 Å². The first-order valence-corrected chi connectivity index (χ1v) is 6.97. The fourth-order valence-corrected chi connectivity index (χ4v) is 2.19. The van der Waals surface area contributed by atoms with Crippen LogP contribution >= 0.6 is 0 Å². The lowest BCUT2D eigenvalue weighted by Crippen LogP contribution is -2.09. The normalized spacial score (nSPS) is 11.1. The van der Waals surface area contributed by atoms with E-state index in [9.17, 15) is 13.2 Å². The van der Waals surface area contributed by atoms with E-state index in [0.717, 1.165) is 30.7 Å². The van der Waals surface area contributed by atoms with E-state index in [4.69, 9.17) is 0 Å². The highest BCUT2D eigenvalue weighted by Crippen LogP contribution is 2.18. The van der Waals surface area contributed by atoms with Crippen molar-refractivity contribution in [3.63, 3.8) is 0 Å². The fraction of sp³-hybridized carbons (Fsp3) is 0.400. The molecule has 1 N–H and O–H groups in total. The second-order valence-electron chi connectivity index (χ2n) is 4.86. The molecule has 0 radical (unpaired) electrons. The Bertz CT molecular complexity index is 583. The SMILES string of the molecule is CCC(CC)n1ccc(CNc2cc(F)c(F)c(F)c2)n1. The summed E-state index contributed by atoms with van der Waals surface area (Å²) in [6.07, 6.45) is 3.86. The molecule has 0 aliphatic heterocycles. The quantitative estimate of drug-likeness (QED) is 0.807. The average Bonchev–Trinajstić information content (AvgIpc) is 2.92. The molecule has 0 amide bonds. The first kappa shape index (κ1) is 15.4. The smallest absolute Gasteiger partial charge is 0.194 e. The van der Waals surface area contributed by atoms with Crippen molar-refractivity contribution in [2.45, 2.75) is 39.3 Å². The van der Waals surface area contributed by atoms with Gasteiger partial charge in [0, 0.05) is 24.0 Å². The number of anilines is 1. The molecule has 0 atom stereocenters. The number of rotatable bonds is 6. The molecule has 2 aromatic rings. The number of nitrogens with zero attached hydrogens (tertiary/aromatic N) is 2. The van der Waals surface area contributed by atoms with Crippen molar-refractivity contribution in [2.75, 3.05) is 5.32 Å². The van der Waals surface area contributed by atoms with E-state index in [2.05, 4.69) is 24.3 Å². The zero-order chi connectivity index (χ0) is 15.4. The third-order valence-electron chi connectivity index (χ3n) is 3.44. The first-order chi connectivity index (χ1) is 10.0. The molecule has 21 heavy (non-hydrogen) atoms. The summed E-state index contributed by atoms with van der Waals surface area (Å²) in [4.78, 5) is 0. The first-order valence-electron chi connectivity index (χ1n) is 6.97. The molecule has 0 saturated heterocycles. The van der Waals surface area contributed by atoms with E-state index in [1.807, 2.05) is 16.9 Å². The van der Waals surface area contributed by atoms with E-state index in [-0.39, 0.29) is 5.69 Å². The van der Waals surface area contributed by atoms with Gasteiger partial charge in [0.15, 0.2) is 17.5 Å². The summed E-state index contributed by atoms with van der Waals surface area (Å²) in [5, 5.41) is 7.26. The lowest BCUT2D eigenvalue weighted by Gasteiger charge is -2.12. The molecule has 0 saturated carbocycles. The van der Waals surface area contributed by atoms with Gasteiger partial charge in [0.25, 0.3) is 0 Å². The molecule has 0 aliphatic rings. The second kappa shape index (κ2) is 6.65. The fourth-order valence-electron chi connectivity index (χ4n) is 2.19. The van der Waals surface area contributed by atoms with Crippen LogP contribution in [0.4, 0.5) is 18.9 Å². The number of hydrogen-bond donors (Lipinski definition) is 1. The maximum absolute atomic E-state index is 13.1. The van der Waals surface area contributed by atoms with Gasteiger partial charge in [-0.25, -0.2) is 13.2 Å². The summed E-state index contributed by atoms with van der Waals surface area (Å²) in [5.41, 5.74) is 0.940. The standard InChI is InChI=1S/C15H18F3N3/c1-3-12(4-2)21-6-5-10(20-21)9-19-11-7-13(16)15(18)14(17)8-11/h5-8,12,19H,3-4,9H2,1-2H3. The van der Waals surface area contributed by atoms with Gasteiger partial charge in [0.05, 0.1) is 18.3 Å². The van der Waals surface area contributed by atoms with E-state index in [0.29, 0.717) is 12.6 Å². The zero-order valence-electron chi connectivity index (χ0n) is 12.0. The number of aromatic nitrogens is 2. The molecule has 3 nitrogen and oxygen atoms in total. The van der Waals surface area contributed by atoms with Crippen LogP contribution in [0.5, 0.6) is 0 Å². The minimum Gasteiger partial charge on any atom is -0.379 e. The third-order valence-corrected chi connectivity index (χ3v) is 3.44. The van der Waals surface area contributed by atoms with E-state index < -0.39 is 17.5 Å². The van der Waals surface area contributed by atoms with Crippen LogP contribution in [-0.4, -0.2) is 9.78 Å². The Morgan fingerprint density at radius 1 is 1.14 bits per heavy atom. The van der Waals surface area contributed by atoms with Crippen molar-refractivity contribution in [3.05, 3.63) is 47.5 Å². The second-order valence-corrected chi connectivity index (χ2v) is 4.86. The Hall–Kier alpha value is -1.98. The predicted molar refractivity (Wildman–Crippen MR) is 75.5 cm³/mol. The molecule has 0 spiro atoms. The van der Waals surface area contributed by atoms with Gasteiger partial charge in [0.2, 0.25) is 0 Å². The van der Waals surface area contributed by atoms with Crippen LogP contribution in [0.2, 0.25) is 0 Å². The van der Waals surface area contributed by atoms with Crippen LogP contribution in [0.1, 0.15) is 38.4 Å². The largest absolute Gasteiger partial charge is 0.379 e. The van der Waals surface area contributed by atoms with Gasteiger partial charge in [-0.2, -0.15) is 5.10 Å². The molecule has 1 aromatic heterocycles. The number of benzene rings is 1. The maximum Gasteiger partial charge on any atom is 0.194 e. The van der Waals surface area contributed by atoms with Crippen LogP contribution in [0, 0.1) is 17.5 Å². The highest BCUT2D eigenvalue weighted by Gasteiger charge is 2.11. The molecule has 0 aliphatic carbocycles. The minimum absolute atomic E-state index is 0.184. The molecule has 114 valence electrons. The number of hydrogen-bond acceptors (Lipinski definition) is 2. The molecular formula is C15H18F3N3. The Morgan fingerprint density at radius 3 is 2.33 bits per heavy atom. The summed E-state index contributed by atoms with van der Waals surface area (Å²) >= 11 is 0. The van der Waals surface area contributed by atoms with E-state index >= 15 is 0 Å². The van der Waals surface area contributed by atoms with Crippen LogP contribution in [0.25, 0.3) is 0 Å². The maximum atomic E-state index is 13.1. The highest BCUT2D eigenvalue weighted by molar-refractivity contribution is 5.44. The van der Waals surface area contributed by atoms with Gasteiger partial charge in [-0.1, -0.05) is 13.8 Å². The molecule has 0 unspecified atom stereocenters. The average molecular weight is 297 g/mol. The van der Waals surface area contributed by atoms with Gasteiger partial charge in [0.1, 0.15) is 0 Å². The predicted octanol–water partition coefficient (Wildman–Crippen LogP) is 4.27. The van der Waals surface area contributed by atoms with Crippen LogP contribution in [-0.2, 0) is 6.54 Å². The Kier molecular flexibility index (Phi) is 4.88. The van der Waals surface area contributed by atoms with Crippen LogP contribution < -0.4 is 5.32 Å². The minimum atomic E-state index is -1.46. The van der Waals surface area contributed by atoms with Crippen LogP contribution in [0.3, 0.4) is 0 Å². The summed E-state index contributed by atoms with van der Waals surface area (Å²) < 4.78 is 40.9. The van der Waals surface area contributed by atoms with Crippen molar-refractivity contribution < 1.29 is 13.2 Å². The van der Waals surface area contributed by atoms with Gasteiger partial charge < -0.3 is 5.32 Å². The van der Waals surface area contributed by atoms with Crippen molar-refractivity contribution >= 4 is 5.69 Å². The lowest BCUT2D eigenvalue weighted by molar-refractivity contribution is 0.426. The van der Waals surface area contributed by atoms with Crippen molar-refractivity contribution in [3.8, 4) is 0 Å². The van der Waals surface area contributed by atoms with Crippen LogP contribution in [0.15, 0.2) is 24.4 Å². The van der Waals surface area contributed by atoms with Gasteiger partial charge in [-0.15, -0.1) is 0 Å². The molecule has 1 heterocycles. The van der Waals surface area contributed by atoms with E-state index in [1.165, 1.54) is 0 Å². The van der Waals surface area contributed by atoms with Gasteiger partial charge in [-0.05, 0) is 18.9 Å².